The Kier molecular flexibility index (Phi) is 7.31. The average Bonchev–Trinajstić information content (AvgIpc) is 2.68. The molecule has 2 aliphatic rings. The molecule has 0 N–H and O–H groups in total. The third-order valence-electron chi connectivity index (χ3n) is 7.06. The Labute approximate surface area is 155 Å². The zero-order valence-corrected chi connectivity index (χ0v) is 16.6. The first kappa shape index (κ1) is 18.9. The van der Waals surface area contributed by atoms with Crippen LogP contribution in [0.15, 0.2) is 12.4 Å². The van der Waals surface area contributed by atoms with E-state index in [2.05, 4.69) is 26.2 Å². The molecule has 0 saturated heterocycles. The van der Waals surface area contributed by atoms with Gasteiger partial charge in [-0.15, -0.1) is 0 Å². The molecule has 140 valence electrons. The molecule has 2 fully saturated rings. The molecule has 1 heterocycles. The highest BCUT2D eigenvalue weighted by molar-refractivity contribution is 5.12. The van der Waals surface area contributed by atoms with Crippen molar-refractivity contribution in [1.29, 1.82) is 0 Å². The summed E-state index contributed by atoms with van der Waals surface area (Å²) in [5, 5.41) is 0. The lowest BCUT2D eigenvalue weighted by Crippen LogP contribution is -2.16. The molecule has 0 unspecified atom stereocenters. The van der Waals surface area contributed by atoms with E-state index in [1.807, 2.05) is 0 Å². The highest BCUT2D eigenvalue weighted by Gasteiger charge is 2.22. The molecule has 1 aromatic heterocycles. The van der Waals surface area contributed by atoms with Crippen LogP contribution in [0.2, 0.25) is 0 Å². The Hall–Kier alpha value is -0.920. The fourth-order valence-corrected chi connectivity index (χ4v) is 5.16. The number of aryl methyl sites for hydroxylation is 1. The highest BCUT2D eigenvalue weighted by Crippen LogP contribution is 2.36. The number of nitrogens with zero attached hydrogens (tertiary/aromatic N) is 2. The Morgan fingerprint density at radius 2 is 1.32 bits per heavy atom. The molecule has 2 heteroatoms. The molecule has 2 nitrogen and oxygen atoms in total. The summed E-state index contributed by atoms with van der Waals surface area (Å²) in [5.41, 5.74) is 1.39. The van der Waals surface area contributed by atoms with Crippen molar-refractivity contribution >= 4 is 0 Å². The van der Waals surface area contributed by atoms with Gasteiger partial charge in [-0.2, -0.15) is 0 Å². The topological polar surface area (TPSA) is 25.8 Å². The zero-order chi connectivity index (χ0) is 17.5. The van der Waals surface area contributed by atoms with Gasteiger partial charge in [-0.25, -0.2) is 9.97 Å². The van der Waals surface area contributed by atoms with Crippen LogP contribution in [-0.2, 0) is 6.42 Å². The molecule has 25 heavy (non-hydrogen) atoms. The van der Waals surface area contributed by atoms with E-state index in [9.17, 15) is 0 Å². The van der Waals surface area contributed by atoms with Crippen LogP contribution >= 0.6 is 0 Å². The summed E-state index contributed by atoms with van der Waals surface area (Å²) in [6.45, 7) is 4.65. The number of rotatable bonds is 7. The lowest BCUT2D eigenvalue weighted by molar-refractivity contribution is 0.251. The van der Waals surface area contributed by atoms with Gasteiger partial charge in [0.25, 0.3) is 0 Å². The predicted octanol–water partition coefficient (Wildman–Crippen LogP) is 6.70. The van der Waals surface area contributed by atoms with Crippen molar-refractivity contribution in [2.24, 2.45) is 17.8 Å². The normalized spacial score (nSPS) is 30.3. The van der Waals surface area contributed by atoms with Crippen LogP contribution in [0.3, 0.4) is 0 Å². The molecule has 3 rings (SSSR count). The maximum atomic E-state index is 4.71. The molecule has 0 aliphatic heterocycles. The van der Waals surface area contributed by atoms with Crippen molar-refractivity contribution in [2.75, 3.05) is 0 Å². The van der Waals surface area contributed by atoms with E-state index in [1.54, 1.807) is 0 Å². The van der Waals surface area contributed by atoms with Gasteiger partial charge in [0.05, 0.1) is 0 Å². The maximum Gasteiger partial charge on any atom is 0.128 e. The number of aromatic nitrogens is 2. The number of hydrogen-bond donors (Lipinski definition) is 0. The van der Waals surface area contributed by atoms with E-state index in [4.69, 9.17) is 9.97 Å². The smallest absolute Gasteiger partial charge is 0.128 e. The Balaban J connectivity index is 1.41. The van der Waals surface area contributed by atoms with Gasteiger partial charge < -0.3 is 0 Å². The van der Waals surface area contributed by atoms with Gasteiger partial charge in [0, 0.05) is 18.8 Å². The molecule has 2 aliphatic carbocycles. The fourth-order valence-electron chi connectivity index (χ4n) is 5.16. The van der Waals surface area contributed by atoms with E-state index in [-0.39, 0.29) is 0 Å². The minimum absolute atomic E-state index is 0.714. The molecule has 0 bridgehead atoms. The van der Waals surface area contributed by atoms with Gasteiger partial charge in [0.1, 0.15) is 5.82 Å². The largest absolute Gasteiger partial charge is 0.241 e. The van der Waals surface area contributed by atoms with Gasteiger partial charge in [-0.1, -0.05) is 58.8 Å². The second-order valence-corrected chi connectivity index (χ2v) is 8.77. The predicted molar refractivity (Wildman–Crippen MR) is 106 cm³/mol. The van der Waals surface area contributed by atoms with Crippen molar-refractivity contribution in [3.8, 4) is 0 Å². The first-order chi connectivity index (χ1) is 12.3. The van der Waals surface area contributed by atoms with E-state index in [1.165, 1.54) is 82.6 Å². The quantitative estimate of drug-likeness (QED) is 0.551. The minimum atomic E-state index is 0.714. The Bertz CT molecular complexity index is 479. The van der Waals surface area contributed by atoms with Crippen molar-refractivity contribution in [1.82, 2.24) is 9.97 Å². The second-order valence-electron chi connectivity index (χ2n) is 8.77. The lowest BCUT2D eigenvalue weighted by Gasteiger charge is -2.28. The van der Waals surface area contributed by atoms with Crippen LogP contribution in [0.25, 0.3) is 0 Å². The van der Waals surface area contributed by atoms with Crippen LogP contribution in [0.1, 0.15) is 108 Å². The van der Waals surface area contributed by atoms with E-state index in [0.717, 1.165) is 30.0 Å². The summed E-state index contributed by atoms with van der Waals surface area (Å²) in [5.74, 6) is 4.68. The summed E-state index contributed by atoms with van der Waals surface area (Å²) in [4.78, 5) is 9.42. The monoisotopic (exact) mass is 342 g/mol. The standard InChI is InChI=1S/C23H38N2/c1-3-5-19-6-8-20(9-7-19)12-15-23-24-16-22(17-25-23)21-13-10-18(4-2)11-14-21/h16-21H,3-15H2,1-2H3. The van der Waals surface area contributed by atoms with E-state index in [0.29, 0.717) is 5.92 Å². The van der Waals surface area contributed by atoms with Crippen molar-refractivity contribution in [3.63, 3.8) is 0 Å². The van der Waals surface area contributed by atoms with Crippen molar-refractivity contribution in [2.45, 2.75) is 103 Å². The van der Waals surface area contributed by atoms with Crippen molar-refractivity contribution in [3.05, 3.63) is 23.8 Å². The first-order valence-electron chi connectivity index (χ1n) is 11.1. The molecular formula is C23H38N2. The zero-order valence-electron chi connectivity index (χ0n) is 16.6. The van der Waals surface area contributed by atoms with E-state index < -0.39 is 0 Å². The lowest BCUT2D eigenvalue weighted by atomic mass is 9.78. The van der Waals surface area contributed by atoms with Gasteiger partial charge in [0.15, 0.2) is 0 Å². The summed E-state index contributed by atoms with van der Waals surface area (Å²) < 4.78 is 0. The van der Waals surface area contributed by atoms with Gasteiger partial charge in [-0.3, -0.25) is 0 Å². The molecule has 0 atom stereocenters. The molecule has 2 saturated carbocycles. The summed E-state index contributed by atoms with van der Waals surface area (Å²) >= 11 is 0. The van der Waals surface area contributed by atoms with Gasteiger partial charge >= 0.3 is 0 Å². The van der Waals surface area contributed by atoms with E-state index >= 15 is 0 Å². The first-order valence-corrected chi connectivity index (χ1v) is 11.1. The molecular weight excluding hydrogens is 304 g/mol. The fraction of sp³-hybridized carbons (Fsp3) is 0.826. The molecule has 0 radical (unpaired) electrons. The Morgan fingerprint density at radius 3 is 1.88 bits per heavy atom. The average molecular weight is 343 g/mol. The molecule has 0 amide bonds. The van der Waals surface area contributed by atoms with Crippen LogP contribution < -0.4 is 0 Å². The minimum Gasteiger partial charge on any atom is -0.241 e. The van der Waals surface area contributed by atoms with Crippen molar-refractivity contribution < 1.29 is 0 Å². The van der Waals surface area contributed by atoms with Gasteiger partial charge in [0.2, 0.25) is 0 Å². The third kappa shape index (κ3) is 5.53. The summed E-state index contributed by atoms with van der Waals surface area (Å²) in [6.07, 6.45) is 22.0. The van der Waals surface area contributed by atoms with Crippen LogP contribution in [0.5, 0.6) is 0 Å². The number of hydrogen-bond acceptors (Lipinski definition) is 2. The summed E-state index contributed by atoms with van der Waals surface area (Å²) in [6, 6.07) is 0. The van der Waals surface area contributed by atoms with Crippen LogP contribution in [0, 0.1) is 17.8 Å². The molecule has 0 spiro atoms. The third-order valence-corrected chi connectivity index (χ3v) is 7.06. The SMILES string of the molecule is CCCC1CCC(CCc2ncc(C3CCC(CC)CC3)cn2)CC1. The highest BCUT2D eigenvalue weighted by atomic mass is 14.9. The van der Waals surface area contributed by atoms with Crippen LogP contribution in [-0.4, -0.2) is 9.97 Å². The molecule has 1 aromatic rings. The Morgan fingerprint density at radius 1 is 0.760 bits per heavy atom. The van der Waals surface area contributed by atoms with Gasteiger partial charge in [-0.05, 0) is 61.3 Å². The second kappa shape index (κ2) is 9.69. The van der Waals surface area contributed by atoms with Crippen LogP contribution in [0.4, 0.5) is 0 Å². The molecule has 0 aromatic carbocycles. The maximum absolute atomic E-state index is 4.71. The summed E-state index contributed by atoms with van der Waals surface area (Å²) in [7, 11) is 0.